The van der Waals surface area contributed by atoms with Crippen molar-refractivity contribution >= 4 is 21.6 Å². The van der Waals surface area contributed by atoms with E-state index in [-0.39, 0.29) is 10.8 Å². The van der Waals surface area contributed by atoms with Gasteiger partial charge in [0, 0.05) is 24.3 Å². The van der Waals surface area contributed by atoms with Crippen molar-refractivity contribution in [2.75, 3.05) is 19.6 Å². The molecule has 35 heavy (non-hydrogen) atoms. The van der Waals surface area contributed by atoms with Crippen molar-refractivity contribution in [2.45, 2.75) is 49.6 Å². The average molecular weight is 517 g/mol. The second-order valence-corrected chi connectivity index (χ2v) is 11.7. The molecule has 6 nitrogen and oxygen atoms in total. The number of likely N-dealkylation sites (tertiary alicyclic amines) is 1. The van der Waals surface area contributed by atoms with E-state index in [1.165, 1.54) is 30.1 Å². The first-order chi connectivity index (χ1) is 16.8. The Balaban J connectivity index is 1.33. The Morgan fingerprint density at radius 2 is 2.03 bits per heavy atom. The number of sulfonamides is 1. The lowest BCUT2D eigenvalue weighted by atomic mass is 9.85. The van der Waals surface area contributed by atoms with Gasteiger partial charge in [-0.2, -0.15) is 0 Å². The Hall–Kier alpha value is -2.26. The van der Waals surface area contributed by atoms with Gasteiger partial charge in [-0.3, -0.25) is 0 Å². The molecule has 1 aliphatic heterocycles. The minimum atomic E-state index is -3.82. The summed E-state index contributed by atoms with van der Waals surface area (Å²) in [4.78, 5) is 6.34. The number of rotatable bonds is 9. The van der Waals surface area contributed by atoms with Crippen LogP contribution in [0.5, 0.6) is 0 Å². The molecule has 9 heteroatoms. The lowest BCUT2D eigenvalue weighted by molar-refractivity contribution is 0.145. The highest BCUT2D eigenvalue weighted by atomic mass is 35.5. The maximum absolute atomic E-state index is 15.1. The van der Waals surface area contributed by atoms with Crippen LogP contribution in [0.3, 0.4) is 0 Å². The zero-order chi connectivity index (χ0) is 24.6. The van der Waals surface area contributed by atoms with Crippen LogP contribution in [-0.2, 0) is 35.8 Å². The number of fused-ring (bicyclic) bond motifs is 1. The average Bonchev–Trinajstić information content (AvgIpc) is 3.36. The number of nitrogens with two attached hydrogens (primary N) is 1. The van der Waals surface area contributed by atoms with Crippen molar-refractivity contribution < 1.29 is 12.8 Å². The van der Waals surface area contributed by atoms with Gasteiger partial charge in [0.2, 0.25) is 0 Å². The molecule has 0 spiro atoms. The summed E-state index contributed by atoms with van der Waals surface area (Å²) in [6.45, 7) is 3.88. The topological polar surface area (TPSA) is 81.2 Å². The third kappa shape index (κ3) is 5.61. The molecule has 2 atom stereocenters. The summed E-state index contributed by atoms with van der Waals surface area (Å²) in [6, 6.07) is 11.8. The van der Waals surface area contributed by atoms with Gasteiger partial charge >= 0.3 is 0 Å². The fourth-order valence-electron chi connectivity index (χ4n) is 5.41. The number of benzene rings is 2. The Kier molecular flexibility index (Phi) is 6.99. The molecule has 1 aliphatic carbocycles. The fraction of sp³-hybridized carbons (Fsp3) is 0.423. The Labute approximate surface area is 211 Å². The van der Waals surface area contributed by atoms with Gasteiger partial charge < -0.3 is 9.47 Å². The minimum absolute atomic E-state index is 0.154. The molecule has 186 valence electrons. The normalized spacial score (nSPS) is 20.1. The highest BCUT2D eigenvalue weighted by molar-refractivity contribution is 7.89. The van der Waals surface area contributed by atoms with E-state index in [0.717, 1.165) is 43.1 Å². The van der Waals surface area contributed by atoms with Gasteiger partial charge in [-0.25, -0.2) is 22.9 Å². The molecule has 5 rings (SSSR count). The van der Waals surface area contributed by atoms with E-state index in [1.54, 1.807) is 10.6 Å². The minimum Gasteiger partial charge on any atom is -0.336 e. The van der Waals surface area contributed by atoms with E-state index in [4.69, 9.17) is 16.7 Å². The van der Waals surface area contributed by atoms with E-state index in [0.29, 0.717) is 36.8 Å². The van der Waals surface area contributed by atoms with Gasteiger partial charge in [-0.05, 0) is 97.5 Å². The van der Waals surface area contributed by atoms with Gasteiger partial charge in [0.1, 0.15) is 5.82 Å². The number of nitrogens with zero attached hydrogens (tertiary/aromatic N) is 3. The van der Waals surface area contributed by atoms with Gasteiger partial charge in [0.25, 0.3) is 10.0 Å². The number of aromatic nitrogens is 2. The molecule has 1 fully saturated rings. The quantitative estimate of drug-likeness (QED) is 0.463. The van der Waals surface area contributed by atoms with Crippen LogP contribution in [0.1, 0.15) is 41.0 Å². The Morgan fingerprint density at radius 3 is 2.71 bits per heavy atom. The predicted octanol–water partition coefficient (Wildman–Crippen LogP) is 4.16. The highest BCUT2D eigenvalue weighted by Crippen LogP contribution is 2.42. The van der Waals surface area contributed by atoms with Crippen molar-refractivity contribution in [3.05, 3.63) is 82.0 Å². The van der Waals surface area contributed by atoms with Gasteiger partial charge in [-0.15, -0.1) is 0 Å². The number of primary sulfonamides is 1. The van der Waals surface area contributed by atoms with Crippen molar-refractivity contribution in [1.82, 2.24) is 14.5 Å². The Bertz CT molecular complexity index is 1320. The lowest BCUT2D eigenvalue weighted by Gasteiger charge is -2.35. The molecular weight excluding hydrogens is 487 g/mol. The number of hydrogen-bond acceptors (Lipinski definition) is 4. The molecule has 3 aromatic rings. The first kappa shape index (κ1) is 24.4. The zero-order valence-corrected chi connectivity index (χ0v) is 21.1. The monoisotopic (exact) mass is 516 g/mol. The maximum Gasteiger partial charge on any atom is 0.257 e. The molecular formula is C26H30ClFN4O2S. The van der Waals surface area contributed by atoms with Crippen molar-refractivity contribution in [2.24, 2.45) is 11.1 Å². The van der Waals surface area contributed by atoms with Crippen LogP contribution in [0.15, 0.2) is 53.9 Å². The molecule has 2 N–H and O–H groups in total. The van der Waals surface area contributed by atoms with Crippen LogP contribution in [0.2, 0.25) is 5.02 Å². The summed E-state index contributed by atoms with van der Waals surface area (Å²) in [5, 5.41) is 5.71. The molecule has 0 amide bonds. The van der Waals surface area contributed by atoms with E-state index in [9.17, 15) is 8.42 Å². The number of halogens is 2. The first-order valence-electron chi connectivity index (χ1n) is 12.1. The van der Waals surface area contributed by atoms with Crippen molar-refractivity contribution in [3.63, 3.8) is 0 Å². The number of aryl methyl sites for hydroxylation is 2. The molecule has 2 aliphatic rings. The predicted molar refractivity (Wildman–Crippen MR) is 134 cm³/mol. The molecule has 2 aromatic carbocycles. The molecule has 0 bridgehead atoms. The summed E-state index contributed by atoms with van der Waals surface area (Å²) in [7, 11) is -3.82. The summed E-state index contributed by atoms with van der Waals surface area (Å²) < 4.78 is 39.6. The largest absolute Gasteiger partial charge is 0.336 e. The second kappa shape index (κ2) is 10.0. The molecule has 1 aromatic heterocycles. The van der Waals surface area contributed by atoms with Gasteiger partial charge in [0.05, 0.1) is 6.33 Å². The van der Waals surface area contributed by atoms with E-state index >= 15 is 4.39 Å². The van der Waals surface area contributed by atoms with Crippen LogP contribution in [0.25, 0.3) is 0 Å². The smallest absolute Gasteiger partial charge is 0.257 e. The maximum atomic E-state index is 15.1. The summed E-state index contributed by atoms with van der Waals surface area (Å²) in [5.74, 6) is 0.626. The summed E-state index contributed by atoms with van der Waals surface area (Å²) in [6.07, 6.45) is 7.13. The molecule has 2 heterocycles. The van der Waals surface area contributed by atoms with Crippen LogP contribution in [0.4, 0.5) is 4.39 Å². The summed E-state index contributed by atoms with van der Waals surface area (Å²) in [5.41, 5.74) is 4.29. The molecule has 1 saturated heterocycles. The van der Waals surface area contributed by atoms with Crippen molar-refractivity contribution in [1.29, 1.82) is 0 Å². The van der Waals surface area contributed by atoms with Crippen molar-refractivity contribution in [3.8, 4) is 0 Å². The van der Waals surface area contributed by atoms with E-state index < -0.39 is 10.0 Å². The van der Waals surface area contributed by atoms with Crippen LogP contribution < -0.4 is 5.14 Å². The Morgan fingerprint density at radius 1 is 1.20 bits per heavy atom. The second-order valence-electron chi connectivity index (χ2n) is 9.80. The zero-order valence-electron chi connectivity index (χ0n) is 19.5. The standard InChI is InChI=1S/C26H30ClFN4O2S/c27-22-6-1-4-18(10-22)11-23-21(15-31-8-3-9-31)12-20-14-25(28)19(13-24(20)23)5-2-7-32-16-26(30-17-32)35(29,33)34/h1,4,6,10,13-14,16-17,21,23H,2-3,5,7-9,11-12,15H2,(H2,29,33,34). The van der Waals surface area contributed by atoms with Crippen LogP contribution >= 0.6 is 11.6 Å². The SMILES string of the molecule is NS(=O)(=O)c1cn(CCCc2cc3c(cc2F)CC(CN2CCC2)C3Cc2cccc(Cl)c2)cn1. The first-order valence-corrected chi connectivity index (χ1v) is 14.0. The number of imidazole rings is 1. The molecule has 2 unspecified atom stereocenters. The van der Waals surface area contributed by atoms with Crippen LogP contribution in [0, 0.1) is 11.7 Å². The molecule has 0 radical (unpaired) electrons. The van der Waals surface area contributed by atoms with E-state index in [1.807, 2.05) is 18.2 Å². The third-order valence-electron chi connectivity index (χ3n) is 7.31. The lowest BCUT2D eigenvalue weighted by Crippen LogP contribution is -2.41. The van der Waals surface area contributed by atoms with Gasteiger partial charge in [-0.1, -0.05) is 29.8 Å². The van der Waals surface area contributed by atoms with Crippen LogP contribution in [-0.4, -0.2) is 42.5 Å². The summed E-state index contributed by atoms with van der Waals surface area (Å²) >= 11 is 6.26. The number of hydrogen-bond donors (Lipinski definition) is 1. The third-order valence-corrected chi connectivity index (χ3v) is 8.34. The van der Waals surface area contributed by atoms with E-state index in [2.05, 4.69) is 22.0 Å². The highest BCUT2D eigenvalue weighted by Gasteiger charge is 2.35. The fourth-order valence-corrected chi connectivity index (χ4v) is 6.10. The molecule has 0 saturated carbocycles. The van der Waals surface area contributed by atoms with Gasteiger partial charge in [0.15, 0.2) is 5.03 Å².